The van der Waals surface area contributed by atoms with E-state index in [0.29, 0.717) is 17.8 Å². The lowest BCUT2D eigenvalue weighted by atomic mass is 9.76. The minimum Gasteiger partial charge on any atom is -0.355 e. The van der Waals surface area contributed by atoms with Gasteiger partial charge in [0.05, 0.1) is 6.20 Å². The van der Waals surface area contributed by atoms with Crippen molar-refractivity contribution >= 4 is 11.5 Å². The van der Waals surface area contributed by atoms with Gasteiger partial charge in [0.2, 0.25) is 0 Å². The van der Waals surface area contributed by atoms with E-state index >= 15 is 0 Å². The smallest absolute Gasteiger partial charge is 0.250 e. The molecule has 0 radical (unpaired) electrons. The van der Waals surface area contributed by atoms with E-state index in [-0.39, 0.29) is 11.6 Å². The largest absolute Gasteiger partial charge is 0.355 e. The van der Waals surface area contributed by atoms with Crippen LogP contribution in [0.4, 0.5) is 5.82 Å². The first-order chi connectivity index (χ1) is 14.4. The van der Waals surface area contributed by atoms with Crippen molar-refractivity contribution < 1.29 is 0 Å². The first-order valence-corrected chi connectivity index (χ1v) is 11.2. The molecule has 158 valence electrons. The maximum atomic E-state index is 12.9. The Morgan fingerprint density at radius 3 is 2.80 bits per heavy atom. The molecule has 0 unspecified atom stereocenters. The Bertz CT molecular complexity index is 1140. The third-order valence-corrected chi connectivity index (χ3v) is 7.12. The highest BCUT2D eigenvalue weighted by Gasteiger charge is 2.41. The van der Waals surface area contributed by atoms with Gasteiger partial charge in [0, 0.05) is 54.1 Å². The first-order valence-electron chi connectivity index (χ1n) is 11.2. The molecule has 30 heavy (non-hydrogen) atoms. The van der Waals surface area contributed by atoms with Crippen molar-refractivity contribution in [1.29, 1.82) is 0 Å². The number of rotatable bonds is 4. The Hall–Kier alpha value is -2.63. The van der Waals surface area contributed by atoms with Crippen LogP contribution >= 0.6 is 0 Å². The summed E-state index contributed by atoms with van der Waals surface area (Å²) >= 11 is 0. The molecule has 3 aromatic heterocycles. The number of aryl methyl sites for hydroxylation is 1. The van der Waals surface area contributed by atoms with Crippen molar-refractivity contribution in [2.75, 3.05) is 18.0 Å². The summed E-state index contributed by atoms with van der Waals surface area (Å²) in [7, 11) is 0. The molecule has 3 aromatic rings. The Balaban J connectivity index is 1.60. The highest BCUT2D eigenvalue weighted by atomic mass is 16.1. The van der Waals surface area contributed by atoms with Gasteiger partial charge in [0.15, 0.2) is 5.65 Å². The Labute approximate surface area is 177 Å². The molecule has 6 heteroatoms. The second-order valence-electron chi connectivity index (χ2n) is 9.54. The van der Waals surface area contributed by atoms with E-state index in [1.54, 1.807) is 6.07 Å². The van der Waals surface area contributed by atoms with Crippen molar-refractivity contribution in [1.82, 2.24) is 19.2 Å². The van der Waals surface area contributed by atoms with Crippen LogP contribution in [0.1, 0.15) is 62.0 Å². The number of anilines is 1. The van der Waals surface area contributed by atoms with Gasteiger partial charge in [0.25, 0.3) is 5.56 Å². The van der Waals surface area contributed by atoms with Crippen LogP contribution in [0, 0.1) is 25.7 Å². The van der Waals surface area contributed by atoms with Crippen LogP contribution in [-0.4, -0.2) is 32.3 Å². The van der Waals surface area contributed by atoms with E-state index in [9.17, 15) is 4.79 Å². The summed E-state index contributed by atoms with van der Waals surface area (Å²) in [6.45, 7) is 10.6. The fourth-order valence-electron chi connectivity index (χ4n) is 5.58. The molecule has 2 aliphatic heterocycles. The van der Waals surface area contributed by atoms with Gasteiger partial charge >= 0.3 is 0 Å². The van der Waals surface area contributed by atoms with E-state index in [0.717, 1.165) is 49.5 Å². The van der Waals surface area contributed by atoms with Gasteiger partial charge in [-0.3, -0.25) is 4.79 Å². The average molecular weight is 406 g/mol. The van der Waals surface area contributed by atoms with E-state index in [1.807, 2.05) is 22.8 Å². The summed E-state index contributed by atoms with van der Waals surface area (Å²) in [6.07, 6.45) is 5.19. The van der Waals surface area contributed by atoms with Crippen molar-refractivity contribution in [3.63, 3.8) is 0 Å². The van der Waals surface area contributed by atoms with Crippen LogP contribution in [0.3, 0.4) is 0 Å². The standard InChI is InChI=1S/C24H31N5O/c1-15(2)8-9-21-19-12-18(20-6-5-7-23(30)28(20)21)13-27(14-19)24-16(3)17(4)26-22-10-11-25-29(22)24/h5-7,10-11,15,18-19,21H,8-9,12-14H2,1-4H3/t18-,19+,21+/m1/s1. The second kappa shape index (κ2) is 7.25. The number of pyridine rings is 1. The predicted octanol–water partition coefficient (Wildman–Crippen LogP) is 4.11. The maximum absolute atomic E-state index is 12.9. The molecule has 2 aliphatic rings. The molecular formula is C24H31N5O. The summed E-state index contributed by atoms with van der Waals surface area (Å²) in [4.78, 5) is 20.1. The zero-order valence-corrected chi connectivity index (χ0v) is 18.4. The van der Waals surface area contributed by atoms with Gasteiger partial charge in [-0.25, -0.2) is 4.98 Å². The minimum atomic E-state index is 0.162. The SMILES string of the molecule is Cc1nc2ccnn2c(N2C[C@H]3C[C@@H](C2)[C@H](CCC(C)C)n2c3cccc2=O)c1C. The third-order valence-electron chi connectivity index (χ3n) is 7.12. The molecule has 0 aliphatic carbocycles. The van der Waals surface area contributed by atoms with Crippen molar-refractivity contribution in [3.8, 4) is 0 Å². The molecule has 0 aromatic carbocycles. The zero-order chi connectivity index (χ0) is 21.0. The van der Waals surface area contributed by atoms with Crippen LogP contribution in [0.2, 0.25) is 0 Å². The molecule has 1 fully saturated rings. The van der Waals surface area contributed by atoms with Crippen molar-refractivity contribution in [2.45, 2.75) is 58.9 Å². The highest BCUT2D eigenvalue weighted by molar-refractivity contribution is 5.57. The zero-order valence-electron chi connectivity index (χ0n) is 18.4. The molecule has 0 spiro atoms. The number of nitrogens with zero attached hydrogens (tertiary/aromatic N) is 5. The van der Waals surface area contributed by atoms with Crippen LogP contribution < -0.4 is 10.5 Å². The molecule has 1 saturated heterocycles. The van der Waals surface area contributed by atoms with Gasteiger partial charge in [0.1, 0.15) is 5.82 Å². The van der Waals surface area contributed by atoms with E-state index < -0.39 is 0 Å². The highest BCUT2D eigenvalue weighted by Crippen LogP contribution is 2.44. The van der Waals surface area contributed by atoms with Gasteiger partial charge in [-0.2, -0.15) is 9.61 Å². The van der Waals surface area contributed by atoms with E-state index in [4.69, 9.17) is 4.98 Å². The maximum Gasteiger partial charge on any atom is 0.250 e. The molecule has 0 saturated carbocycles. The Kier molecular flexibility index (Phi) is 4.68. The third kappa shape index (κ3) is 3.04. The van der Waals surface area contributed by atoms with Crippen LogP contribution in [0.25, 0.3) is 5.65 Å². The van der Waals surface area contributed by atoms with Gasteiger partial charge in [-0.05, 0) is 51.0 Å². The summed E-state index contributed by atoms with van der Waals surface area (Å²) in [5.41, 5.74) is 4.51. The normalized spacial score (nSPS) is 23.2. The van der Waals surface area contributed by atoms with E-state index in [2.05, 4.69) is 48.3 Å². The lowest BCUT2D eigenvalue weighted by Crippen LogP contribution is -2.50. The molecule has 0 N–H and O–H groups in total. The quantitative estimate of drug-likeness (QED) is 0.656. The number of fused-ring (bicyclic) bond motifs is 5. The van der Waals surface area contributed by atoms with Gasteiger partial charge in [-0.15, -0.1) is 0 Å². The lowest BCUT2D eigenvalue weighted by Gasteiger charge is -2.48. The summed E-state index contributed by atoms with van der Waals surface area (Å²) in [6, 6.07) is 8.07. The Morgan fingerprint density at radius 2 is 2.00 bits per heavy atom. The minimum absolute atomic E-state index is 0.162. The van der Waals surface area contributed by atoms with E-state index in [1.165, 1.54) is 11.3 Å². The first kappa shape index (κ1) is 19.3. The number of aromatic nitrogens is 4. The lowest BCUT2D eigenvalue weighted by molar-refractivity contribution is 0.194. The fourth-order valence-corrected chi connectivity index (χ4v) is 5.58. The molecule has 3 atom stereocenters. The molecular weight excluding hydrogens is 374 g/mol. The van der Waals surface area contributed by atoms with Crippen LogP contribution in [0.5, 0.6) is 0 Å². The van der Waals surface area contributed by atoms with Crippen molar-refractivity contribution in [3.05, 3.63) is 57.8 Å². The molecule has 0 amide bonds. The fraction of sp³-hybridized carbons (Fsp3) is 0.542. The number of hydrogen-bond donors (Lipinski definition) is 0. The topological polar surface area (TPSA) is 55.4 Å². The van der Waals surface area contributed by atoms with Gasteiger partial charge in [-0.1, -0.05) is 19.9 Å². The summed E-state index contributed by atoms with van der Waals surface area (Å²) in [5.74, 6) is 2.63. The second-order valence-corrected chi connectivity index (χ2v) is 9.54. The average Bonchev–Trinajstić information content (AvgIpc) is 3.16. The molecule has 5 heterocycles. The Morgan fingerprint density at radius 1 is 1.17 bits per heavy atom. The number of hydrogen-bond acceptors (Lipinski definition) is 4. The molecule has 6 nitrogen and oxygen atoms in total. The molecule has 5 rings (SSSR count). The van der Waals surface area contributed by atoms with Gasteiger partial charge < -0.3 is 9.47 Å². The number of piperidine rings is 1. The monoisotopic (exact) mass is 405 g/mol. The predicted molar refractivity (Wildman–Crippen MR) is 119 cm³/mol. The van der Waals surface area contributed by atoms with Crippen LogP contribution in [0.15, 0.2) is 35.3 Å². The molecule has 2 bridgehead atoms. The summed E-state index contributed by atoms with van der Waals surface area (Å²) in [5, 5.41) is 4.58. The van der Waals surface area contributed by atoms with Crippen LogP contribution in [-0.2, 0) is 0 Å². The summed E-state index contributed by atoms with van der Waals surface area (Å²) < 4.78 is 4.12. The van der Waals surface area contributed by atoms with Crippen molar-refractivity contribution in [2.24, 2.45) is 11.8 Å².